The summed E-state index contributed by atoms with van der Waals surface area (Å²) < 4.78 is 41.6. The summed E-state index contributed by atoms with van der Waals surface area (Å²) >= 11 is 0. The molecule has 0 fully saturated rings. The molecule has 4 rings (SSSR count). The predicted octanol–water partition coefficient (Wildman–Crippen LogP) is 4.54. The number of rotatable bonds is 4. The lowest BCUT2D eigenvalue weighted by atomic mass is 9.84. The van der Waals surface area contributed by atoms with Gasteiger partial charge in [-0.3, -0.25) is 15.1 Å². The van der Waals surface area contributed by atoms with Crippen molar-refractivity contribution in [3.05, 3.63) is 83.3 Å². The number of H-pyrrole nitrogens is 1. The summed E-state index contributed by atoms with van der Waals surface area (Å²) in [6, 6.07) is 14.2. The van der Waals surface area contributed by atoms with Crippen molar-refractivity contribution >= 4 is 0 Å². The molecule has 4 aromatic heterocycles. The SMILES string of the molecule is CC(C)(c1cccc(-c2ccc(F)nc2F)n1)c1cccc(-c2[nH]nc(C#N)c2F)n1. The highest BCUT2D eigenvalue weighted by Gasteiger charge is 2.28. The van der Waals surface area contributed by atoms with Crippen molar-refractivity contribution in [2.24, 2.45) is 0 Å². The van der Waals surface area contributed by atoms with Gasteiger partial charge in [0.2, 0.25) is 11.9 Å². The third-order valence-corrected chi connectivity index (χ3v) is 4.94. The molecule has 154 valence electrons. The molecule has 31 heavy (non-hydrogen) atoms. The van der Waals surface area contributed by atoms with Crippen LogP contribution in [0.3, 0.4) is 0 Å². The van der Waals surface area contributed by atoms with Gasteiger partial charge in [0.25, 0.3) is 0 Å². The average molecular weight is 420 g/mol. The van der Waals surface area contributed by atoms with Crippen LogP contribution in [0.1, 0.15) is 30.9 Å². The number of nitriles is 1. The van der Waals surface area contributed by atoms with E-state index >= 15 is 0 Å². The highest BCUT2D eigenvalue weighted by atomic mass is 19.1. The van der Waals surface area contributed by atoms with Crippen molar-refractivity contribution in [1.82, 2.24) is 25.1 Å². The van der Waals surface area contributed by atoms with Crippen LogP contribution in [-0.4, -0.2) is 25.1 Å². The zero-order valence-corrected chi connectivity index (χ0v) is 16.5. The number of nitrogens with zero attached hydrogens (tertiary/aromatic N) is 5. The number of aromatic amines is 1. The highest BCUT2D eigenvalue weighted by Crippen LogP contribution is 2.32. The lowest BCUT2D eigenvalue weighted by Crippen LogP contribution is -2.22. The molecule has 0 unspecified atom stereocenters. The Morgan fingerprint density at radius 2 is 1.52 bits per heavy atom. The largest absolute Gasteiger partial charge is 0.272 e. The lowest BCUT2D eigenvalue weighted by Gasteiger charge is -2.24. The first-order valence-corrected chi connectivity index (χ1v) is 9.23. The quantitative estimate of drug-likeness (QED) is 0.490. The molecule has 0 amide bonds. The maximum absolute atomic E-state index is 14.3. The van der Waals surface area contributed by atoms with E-state index in [-0.39, 0.29) is 22.6 Å². The maximum atomic E-state index is 14.3. The summed E-state index contributed by atoms with van der Waals surface area (Å²) in [5, 5.41) is 15.0. The molecule has 0 bridgehead atoms. The van der Waals surface area contributed by atoms with E-state index in [9.17, 15) is 13.2 Å². The van der Waals surface area contributed by atoms with Crippen LogP contribution < -0.4 is 0 Å². The smallest absolute Gasteiger partial charge is 0.224 e. The van der Waals surface area contributed by atoms with Crippen molar-refractivity contribution in [2.75, 3.05) is 0 Å². The average Bonchev–Trinajstić information content (AvgIpc) is 3.14. The molecule has 0 saturated heterocycles. The summed E-state index contributed by atoms with van der Waals surface area (Å²) in [5.74, 6) is -2.64. The van der Waals surface area contributed by atoms with E-state index in [1.807, 2.05) is 13.8 Å². The summed E-state index contributed by atoms with van der Waals surface area (Å²) in [6.07, 6.45) is 0. The molecule has 4 heterocycles. The number of hydrogen-bond acceptors (Lipinski definition) is 5. The minimum absolute atomic E-state index is 0.00960. The summed E-state index contributed by atoms with van der Waals surface area (Å²) in [4.78, 5) is 12.3. The summed E-state index contributed by atoms with van der Waals surface area (Å²) in [7, 11) is 0. The fourth-order valence-electron chi connectivity index (χ4n) is 3.16. The Balaban J connectivity index is 1.75. The van der Waals surface area contributed by atoms with E-state index in [4.69, 9.17) is 5.26 Å². The molecule has 1 N–H and O–H groups in total. The molecule has 0 aliphatic heterocycles. The monoisotopic (exact) mass is 420 g/mol. The first-order chi connectivity index (χ1) is 14.8. The number of hydrogen-bond donors (Lipinski definition) is 1. The van der Waals surface area contributed by atoms with E-state index < -0.39 is 23.1 Å². The molecule has 0 spiro atoms. The van der Waals surface area contributed by atoms with Crippen molar-refractivity contribution in [3.8, 4) is 28.7 Å². The number of halogens is 3. The van der Waals surface area contributed by atoms with Crippen molar-refractivity contribution in [2.45, 2.75) is 19.3 Å². The first-order valence-electron chi connectivity index (χ1n) is 9.23. The van der Waals surface area contributed by atoms with Gasteiger partial charge in [-0.05, 0) is 50.2 Å². The number of nitrogens with one attached hydrogen (secondary N) is 1. The first kappa shape index (κ1) is 20.2. The zero-order chi connectivity index (χ0) is 22.2. The van der Waals surface area contributed by atoms with E-state index in [1.165, 1.54) is 6.07 Å². The molecule has 0 saturated carbocycles. The Morgan fingerprint density at radius 3 is 2.13 bits per heavy atom. The van der Waals surface area contributed by atoms with Crippen molar-refractivity contribution in [1.29, 1.82) is 5.26 Å². The standard InChI is InChI=1S/C22H15F3N6/c1-22(2,16-7-3-5-13(27-16)12-9-10-18(23)29-21(12)25)17-8-4-6-14(28-17)20-19(24)15(11-26)30-31-20/h3-10H,1-2H3,(H,30,31). The molecular formula is C22H15F3N6. The van der Waals surface area contributed by atoms with Crippen LogP contribution in [0.25, 0.3) is 22.6 Å². The third-order valence-electron chi connectivity index (χ3n) is 4.94. The second kappa shape index (κ2) is 7.65. The second-order valence-electron chi connectivity index (χ2n) is 7.29. The highest BCUT2D eigenvalue weighted by molar-refractivity contribution is 5.60. The van der Waals surface area contributed by atoms with Crippen LogP contribution in [0.5, 0.6) is 0 Å². The van der Waals surface area contributed by atoms with Crippen molar-refractivity contribution < 1.29 is 13.2 Å². The molecular weight excluding hydrogens is 405 g/mol. The minimum atomic E-state index is -0.953. The van der Waals surface area contributed by atoms with Gasteiger partial charge in [0.15, 0.2) is 11.5 Å². The zero-order valence-electron chi connectivity index (χ0n) is 16.5. The van der Waals surface area contributed by atoms with Crippen molar-refractivity contribution in [3.63, 3.8) is 0 Å². The molecule has 9 heteroatoms. The van der Waals surface area contributed by atoms with E-state index in [1.54, 1.807) is 42.5 Å². The number of pyridine rings is 3. The summed E-state index contributed by atoms with van der Waals surface area (Å²) in [5.41, 5.74) is 0.711. The molecule has 0 aliphatic carbocycles. The Morgan fingerprint density at radius 1 is 0.871 bits per heavy atom. The van der Waals surface area contributed by atoms with Gasteiger partial charge in [0.1, 0.15) is 11.8 Å². The minimum Gasteiger partial charge on any atom is -0.272 e. The van der Waals surface area contributed by atoms with E-state index in [2.05, 4.69) is 25.1 Å². The van der Waals surface area contributed by atoms with Gasteiger partial charge in [-0.2, -0.15) is 24.1 Å². The Labute approximate surface area is 175 Å². The van der Waals surface area contributed by atoms with Crippen LogP contribution in [0, 0.1) is 29.0 Å². The predicted molar refractivity (Wildman–Crippen MR) is 106 cm³/mol. The Kier molecular flexibility index (Phi) is 4.99. The van der Waals surface area contributed by atoms with Gasteiger partial charge < -0.3 is 0 Å². The van der Waals surface area contributed by atoms with Crippen LogP contribution >= 0.6 is 0 Å². The molecule has 6 nitrogen and oxygen atoms in total. The third kappa shape index (κ3) is 3.64. The van der Waals surface area contributed by atoms with Gasteiger partial charge in [0, 0.05) is 5.41 Å². The molecule has 0 radical (unpaired) electrons. The maximum Gasteiger partial charge on any atom is 0.224 e. The Hall–Kier alpha value is -4.06. The van der Waals surface area contributed by atoms with E-state index in [0.717, 1.165) is 6.07 Å². The fraction of sp³-hybridized carbons (Fsp3) is 0.136. The van der Waals surface area contributed by atoms with Gasteiger partial charge >= 0.3 is 0 Å². The van der Waals surface area contributed by atoms with Crippen LogP contribution in [0.15, 0.2) is 48.5 Å². The molecule has 4 aromatic rings. The lowest BCUT2D eigenvalue weighted by molar-refractivity contribution is 0.514. The van der Waals surface area contributed by atoms with Gasteiger partial charge in [-0.1, -0.05) is 12.1 Å². The van der Waals surface area contributed by atoms with Crippen LogP contribution in [-0.2, 0) is 5.41 Å². The van der Waals surface area contributed by atoms with Crippen LogP contribution in [0.4, 0.5) is 13.2 Å². The topological polar surface area (TPSA) is 91.1 Å². The van der Waals surface area contributed by atoms with Crippen LogP contribution in [0.2, 0.25) is 0 Å². The van der Waals surface area contributed by atoms with Gasteiger partial charge in [0.05, 0.1) is 28.3 Å². The normalized spacial score (nSPS) is 11.4. The molecule has 0 aromatic carbocycles. The summed E-state index contributed by atoms with van der Waals surface area (Å²) in [6.45, 7) is 3.74. The van der Waals surface area contributed by atoms with Gasteiger partial charge in [-0.25, -0.2) is 4.39 Å². The molecule has 0 atom stereocenters. The van der Waals surface area contributed by atoms with Gasteiger partial charge in [-0.15, -0.1) is 0 Å². The number of aromatic nitrogens is 5. The fourth-order valence-corrected chi connectivity index (χ4v) is 3.16. The second-order valence-corrected chi connectivity index (χ2v) is 7.29. The molecule has 0 aliphatic rings. The Bertz CT molecular complexity index is 1320. The van der Waals surface area contributed by atoms with E-state index in [0.29, 0.717) is 17.1 Å².